The minimum Gasteiger partial charge on any atom is -0.492 e. The van der Waals surface area contributed by atoms with Crippen LogP contribution in [0.5, 0.6) is 5.88 Å². The van der Waals surface area contributed by atoms with Crippen LogP contribution in [0.4, 0.5) is 11.6 Å². The second kappa shape index (κ2) is 4.57. The Bertz CT molecular complexity index is 601. The van der Waals surface area contributed by atoms with Crippen molar-refractivity contribution in [3.8, 4) is 5.88 Å². The van der Waals surface area contributed by atoms with Crippen LogP contribution in [-0.2, 0) is 12.8 Å². The van der Waals surface area contributed by atoms with E-state index < -0.39 is 0 Å². The molecule has 0 bridgehead atoms. The topological polar surface area (TPSA) is 58.0 Å². The summed E-state index contributed by atoms with van der Waals surface area (Å²) >= 11 is 3.15. The smallest absolute Gasteiger partial charge is 0.230 e. The van der Waals surface area contributed by atoms with Gasteiger partial charge in [0.2, 0.25) is 11.8 Å². The number of rotatable bonds is 2. The molecule has 1 aliphatic rings. The molecular weight excluding hydrogens is 294 g/mol. The van der Waals surface area contributed by atoms with Crippen molar-refractivity contribution < 1.29 is 5.11 Å². The number of halogens is 1. The van der Waals surface area contributed by atoms with Gasteiger partial charge in [0.1, 0.15) is 0 Å². The lowest BCUT2D eigenvalue weighted by molar-refractivity contribution is 0.449. The number of hydrogen-bond donors (Lipinski definition) is 2. The van der Waals surface area contributed by atoms with Gasteiger partial charge in [-0.3, -0.25) is 0 Å². The van der Waals surface area contributed by atoms with Crippen molar-refractivity contribution in [2.24, 2.45) is 0 Å². The zero-order valence-electron chi connectivity index (χ0n) is 9.65. The molecule has 1 aromatic heterocycles. The summed E-state index contributed by atoms with van der Waals surface area (Å²) in [7, 11) is 0. The first-order valence-electron chi connectivity index (χ1n) is 5.83. The van der Waals surface area contributed by atoms with Crippen LogP contribution >= 0.6 is 15.9 Å². The Morgan fingerprint density at radius 3 is 2.89 bits per heavy atom. The van der Waals surface area contributed by atoms with Gasteiger partial charge in [0, 0.05) is 5.69 Å². The van der Waals surface area contributed by atoms with Gasteiger partial charge in [-0.2, -0.15) is 4.98 Å². The highest BCUT2D eigenvalue weighted by atomic mass is 79.9. The van der Waals surface area contributed by atoms with Crippen molar-refractivity contribution in [1.82, 2.24) is 9.97 Å². The van der Waals surface area contributed by atoms with Crippen LogP contribution in [0.1, 0.15) is 17.5 Å². The summed E-state index contributed by atoms with van der Waals surface area (Å²) in [6.45, 7) is 0. The van der Waals surface area contributed by atoms with E-state index in [4.69, 9.17) is 0 Å². The summed E-state index contributed by atoms with van der Waals surface area (Å²) in [5, 5.41) is 12.6. The van der Waals surface area contributed by atoms with Gasteiger partial charge >= 0.3 is 0 Å². The standard InChI is InChI=1S/C13H12BrN3O/c14-11-7-15-13(17-12(11)18)16-10-5-4-8-2-1-3-9(8)6-10/h4-7H,1-3H2,(H2,15,16,17,18). The zero-order chi connectivity index (χ0) is 12.5. The molecule has 92 valence electrons. The molecule has 5 heteroatoms. The maximum absolute atomic E-state index is 9.50. The molecule has 0 amide bonds. The van der Waals surface area contributed by atoms with E-state index in [-0.39, 0.29) is 5.88 Å². The Kier molecular flexibility index (Phi) is 2.91. The number of nitrogens with one attached hydrogen (secondary N) is 1. The normalized spacial score (nSPS) is 13.4. The minimum atomic E-state index is -0.0614. The predicted octanol–water partition coefficient (Wildman–Crippen LogP) is 3.18. The van der Waals surface area contributed by atoms with Crippen LogP contribution in [0.3, 0.4) is 0 Å². The van der Waals surface area contributed by atoms with Gasteiger partial charge < -0.3 is 10.4 Å². The van der Waals surface area contributed by atoms with Crippen LogP contribution in [0.15, 0.2) is 28.9 Å². The molecule has 2 aromatic rings. The number of anilines is 2. The Hall–Kier alpha value is -1.62. The van der Waals surface area contributed by atoms with Crippen molar-refractivity contribution in [2.75, 3.05) is 5.32 Å². The lowest BCUT2D eigenvalue weighted by atomic mass is 10.1. The van der Waals surface area contributed by atoms with Crippen LogP contribution in [0.25, 0.3) is 0 Å². The van der Waals surface area contributed by atoms with E-state index in [1.54, 1.807) is 0 Å². The van der Waals surface area contributed by atoms with E-state index in [2.05, 4.69) is 43.3 Å². The van der Waals surface area contributed by atoms with Crippen LogP contribution < -0.4 is 5.32 Å². The molecule has 4 nitrogen and oxygen atoms in total. The van der Waals surface area contributed by atoms with Gasteiger partial charge in [0.15, 0.2) is 0 Å². The van der Waals surface area contributed by atoms with Gasteiger partial charge in [0.05, 0.1) is 10.7 Å². The third kappa shape index (κ3) is 2.18. The molecule has 0 aliphatic heterocycles. The molecular formula is C13H12BrN3O. The fraction of sp³-hybridized carbons (Fsp3) is 0.231. The number of benzene rings is 1. The quantitative estimate of drug-likeness (QED) is 0.894. The maximum atomic E-state index is 9.50. The monoisotopic (exact) mass is 305 g/mol. The molecule has 2 N–H and O–H groups in total. The van der Waals surface area contributed by atoms with Crippen LogP contribution in [0.2, 0.25) is 0 Å². The molecule has 3 rings (SSSR count). The SMILES string of the molecule is Oc1nc(Nc2ccc3c(c2)CCC3)ncc1Br. The molecule has 0 unspecified atom stereocenters. The number of fused-ring (bicyclic) bond motifs is 1. The average Bonchev–Trinajstić information content (AvgIpc) is 2.81. The molecule has 1 aromatic carbocycles. The highest BCUT2D eigenvalue weighted by Gasteiger charge is 2.11. The van der Waals surface area contributed by atoms with Gasteiger partial charge in [0.25, 0.3) is 0 Å². The number of hydrogen-bond acceptors (Lipinski definition) is 4. The molecule has 1 heterocycles. The van der Waals surface area contributed by atoms with Crippen LogP contribution in [-0.4, -0.2) is 15.1 Å². The van der Waals surface area contributed by atoms with Crippen LogP contribution in [0, 0.1) is 0 Å². The van der Waals surface area contributed by atoms with E-state index in [1.807, 2.05) is 6.07 Å². The molecule has 0 saturated carbocycles. The third-order valence-electron chi connectivity index (χ3n) is 3.08. The summed E-state index contributed by atoms with van der Waals surface area (Å²) in [6.07, 6.45) is 5.06. The summed E-state index contributed by atoms with van der Waals surface area (Å²) in [5.41, 5.74) is 3.78. The predicted molar refractivity (Wildman–Crippen MR) is 73.1 cm³/mol. The average molecular weight is 306 g/mol. The second-order valence-corrected chi connectivity index (χ2v) is 5.18. The van der Waals surface area contributed by atoms with E-state index in [0.29, 0.717) is 10.4 Å². The highest BCUT2D eigenvalue weighted by Crippen LogP contribution is 2.27. The lowest BCUT2D eigenvalue weighted by Gasteiger charge is -2.07. The van der Waals surface area contributed by atoms with E-state index in [0.717, 1.165) is 12.1 Å². The number of aromatic hydroxyl groups is 1. The van der Waals surface area contributed by atoms with Gasteiger partial charge in [-0.15, -0.1) is 0 Å². The summed E-state index contributed by atoms with van der Waals surface area (Å²) in [4.78, 5) is 8.05. The zero-order valence-corrected chi connectivity index (χ0v) is 11.2. The lowest BCUT2D eigenvalue weighted by Crippen LogP contribution is -1.97. The molecule has 18 heavy (non-hydrogen) atoms. The second-order valence-electron chi connectivity index (χ2n) is 4.33. The molecule has 0 atom stereocenters. The summed E-state index contributed by atoms with van der Waals surface area (Å²) in [5.74, 6) is 0.335. The first-order valence-corrected chi connectivity index (χ1v) is 6.62. The Balaban J connectivity index is 1.85. The van der Waals surface area contributed by atoms with E-state index >= 15 is 0 Å². The fourth-order valence-electron chi connectivity index (χ4n) is 2.20. The summed E-state index contributed by atoms with van der Waals surface area (Å²) < 4.78 is 0.488. The minimum absolute atomic E-state index is 0.0614. The molecule has 0 fully saturated rings. The molecule has 1 aliphatic carbocycles. The number of aromatic nitrogens is 2. The highest BCUT2D eigenvalue weighted by molar-refractivity contribution is 9.10. The van der Waals surface area contributed by atoms with Gasteiger partial charge in [-0.05, 0) is 58.5 Å². The van der Waals surface area contributed by atoms with Crippen molar-refractivity contribution in [3.63, 3.8) is 0 Å². The van der Waals surface area contributed by atoms with Crippen molar-refractivity contribution in [2.45, 2.75) is 19.3 Å². The summed E-state index contributed by atoms with van der Waals surface area (Å²) in [6, 6.07) is 6.29. The first kappa shape index (κ1) is 11.5. The van der Waals surface area contributed by atoms with Gasteiger partial charge in [-0.1, -0.05) is 6.07 Å². The fourth-order valence-corrected chi connectivity index (χ4v) is 2.39. The Morgan fingerprint density at radius 2 is 2.06 bits per heavy atom. The first-order chi connectivity index (χ1) is 8.72. The van der Waals surface area contributed by atoms with E-state index in [9.17, 15) is 5.11 Å². The Labute approximate surface area is 113 Å². The number of nitrogens with zero attached hydrogens (tertiary/aromatic N) is 2. The van der Waals surface area contributed by atoms with Crippen molar-refractivity contribution in [3.05, 3.63) is 40.0 Å². The maximum Gasteiger partial charge on any atom is 0.230 e. The Morgan fingerprint density at radius 1 is 1.22 bits per heavy atom. The van der Waals surface area contributed by atoms with Crippen molar-refractivity contribution in [1.29, 1.82) is 0 Å². The molecule has 0 spiro atoms. The largest absolute Gasteiger partial charge is 0.492 e. The van der Waals surface area contributed by atoms with Crippen molar-refractivity contribution >= 4 is 27.6 Å². The van der Waals surface area contributed by atoms with Gasteiger partial charge in [-0.25, -0.2) is 4.98 Å². The number of aryl methyl sites for hydroxylation is 2. The van der Waals surface area contributed by atoms with E-state index in [1.165, 1.54) is 30.2 Å². The molecule has 0 saturated heterocycles. The third-order valence-corrected chi connectivity index (χ3v) is 3.64. The molecule has 0 radical (unpaired) electrons.